The molecule has 1 amide bonds. The van der Waals surface area contributed by atoms with Crippen molar-refractivity contribution in [1.29, 1.82) is 0 Å². The van der Waals surface area contributed by atoms with Crippen LogP contribution in [0, 0.1) is 3.57 Å². The molecule has 0 unspecified atom stereocenters. The number of halogens is 1. The van der Waals surface area contributed by atoms with Crippen LogP contribution in [-0.2, 0) is 0 Å². The van der Waals surface area contributed by atoms with E-state index < -0.39 is 0 Å². The molecule has 0 aliphatic heterocycles. The summed E-state index contributed by atoms with van der Waals surface area (Å²) in [5.41, 5.74) is 3.16. The summed E-state index contributed by atoms with van der Waals surface area (Å²) in [5.74, 6) is 0.366. The van der Waals surface area contributed by atoms with Crippen LogP contribution in [-0.4, -0.2) is 22.6 Å². The summed E-state index contributed by atoms with van der Waals surface area (Å²) < 4.78 is 7.82. The van der Waals surface area contributed by atoms with Crippen molar-refractivity contribution in [2.75, 3.05) is 11.9 Å². The van der Waals surface area contributed by atoms with Crippen molar-refractivity contribution in [2.45, 2.75) is 13.3 Å². The van der Waals surface area contributed by atoms with Gasteiger partial charge in [-0.25, -0.2) is 4.98 Å². The van der Waals surface area contributed by atoms with E-state index in [-0.39, 0.29) is 11.0 Å². The second-order valence-electron chi connectivity index (χ2n) is 6.96. The van der Waals surface area contributed by atoms with E-state index in [1.807, 2.05) is 43.3 Å². The Morgan fingerprint density at radius 3 is 2.78 bits per heavy atom. The number of thiocarbonyl (C=S) groups is 1. The number of carbonyl (C=O) groups excluding carboxylic acids is 1. The Morgan fingerprint density at radius 2 is 1.97 bits per heavy atom. The van der Waals surface area contributed by atoms with Gasteiger partial charge in [0.1, 0.15) is 10.8 Å². The Hall–Kier alpha value is -2.56. The molecule has 0 atom stereocenters. The third-order valence-electron chi connectivity index (χ3n) is 4.55. The molecule has 4 rings (SSSR count). The summed E-state index contributed by atoms with van der Waals surface area (Å²) in [6, 6.07) is 21.1. The minimum absolute atomic E-state index is 0.221. The SMILES string of the molecule is CCCOc1cccc(C(=O)NC(=S)Nc2ccc(I)cc2-c2nc3ccccc3s2)c1. The minimum Gasteiger partial charge on any atom is -0.494 e. The monoisotopic (exact) mass is 573 g/mol. The average molecular weight is 573 g/mol. The van der Waals surface area contributed by atoms with Crippen LogP contribution in [0.15, 0.2) is 66.7 Å². The third kappa shape index (κ3) is 5.43. The maximum absolute atomic E-state index is 12.7. The fourth-order valence-electron chi connectivity index (χ4n) is 3.07. The van der Waals surface area contributed by atoms with Gasteiger partial charge in [-0.1, -0.05) is 25.1 Å². The molecule has 0 bridgehead atoms. The molecule has 5 nitrogen and oxygen atoms in total. The maximum Gasteiger partial charge on any atom is 0.257 e. The molecule has 0 aliphatic rings. The Kier molecular flexibility index (Phi) is 7.33. The third-order valence-corrected chi connectivity index (χ3v) is 6.50. The van der Waals surface area contributed by atoms with E-state index in [2.05, 4.69) is 45.4 Å². The normalized spacial score (nSPS) is 10.7. The quantitative estimate of drug-likeness (QED) is 0.204. The number of amides is 1. The molecule has 2 N–H and O–H groups in total. The standard InChI is InChI=1S/C24H20IN3O2S2/c1-2-12-30-17-7-5-6-15(13-17)22(29)28-24(31)27-19-11-10-16(25)14-18(19)23-26-20-8-3-4-9-21(20)32-23/h3-11,13-14H,2,12H2,1H3,(H2,27,28,29,31). The second-order valence-corrected chi connectivity index (χ2v) is 9.65. The van der Waals surface area contributed by atoms with Crippen LogP contribution in [0.3, 0.4) is 0 Å². The molecule has 0 saturated carbocycles. The fraction of sp³-hybridized carbons (Fsp3) is 0.125. The molecule has 4 aromatic rings. The van der Waals surface area contributed by atoms with Gasteiger partial charge in [-0.15, -0.1) is 11.3 Å². The molecule has 1 heterocycles. The molecule has 0 fully saturated rings. The number of nitrogens with zero attached hydrogens (tertiary/aromatic N) is 1. The predicted molar refractivity (Wildman–Crippen MR) is 144 cm³/mol. The number of nitrogens with one attached hydrogen (secondary N) is 2. The van der Waals surface area contributed by atoms with Gasteiger partial charge in [-0.3, -0.25) is 10.1 Å². The van der Waals surface area contributed by atoms with Crippen molar-refractivity contribution < 1.29 is 9.53 Å². The Bertz CT molecular complexity index is 1260. The van der Waals surface area contributed by atoms with Crippen molar-refractivity contribution in [1.82, 2.24) is 10.3 Å². The van der Waals surface area contributed by atoms with E-state index in [4.69, 9.17) is 21.9 Å². The van der Waals surface area contributed by atoms with Gasteiger partial charge in [0.15, 0.2) is 5.11 Å². The number of carbonyl (C=O) groups is 1. The van der Waals surface area contributed by atoms with Gasteiger partial charge in [-0.2, -0.15) is 0 Å². The first-order chi connectivity index (χ1) is 15.5. The van der Waals surface area contributed by atoms with E-state index >= 15 is 0 Å². The topological polar surface area (TPSA) is 63.2 Å². The lowest BCUT2D eigenvalue weighted by molar-refractivity contribution is 0.0977. The first kappa shape index (κ1) is 22.6. The molecular weight excluding hydrogens is 553 g/mol. The van der Waals surface area contributed by atoms with Gasteiger partial charge in [0, 0.05) is 14.7 Å². The fourth-order valence-corrected chi connectivity index (χ4v) is 4.76. The zero-order valence-electron chi connectivity index (χ0n) is 17.2. The van der Waals surface area contributed by atoms with Crippen LogP contribution < -0.4 is 15.4 Å². The number of hydrogen-bond donors (Lipinski definition) is 2. The van der Waals surface area contributed by atoms with E-state index in [0.717, 1.165) is 36.5 Å². The molecule has 32 heavy (non-hydrogen) atoms. The summed E-state index contributed by atoms with van der Waals surface area (Å²) in [4.78, 5) is 17.5. The highest BCUT2D eigenvalue weighted by atomic mass is 127. The number of ether oxygens (including phenoxy) is 1. The average Bonchev–Trinajstić information content (AvgIpc) is 3.23. The molecule has 0 radical (unpaired) electrons. The van der Waals surface area contributed by atoms with Crippen LogP contribution >= 0.6 is 46.1 Å². The van der Waals surface area contributed by atoms with Gasteiger partial charge < -0.3 is 10.1 Å². The number of fused-ring (bicyclic) bond motifs is 1. The lowest BCUT2D eigenvalue weighted by Gasteiger charge is -2.13. The highest BCUT2D eigenvalue weighted by Crippen LogP contribution is 2.35. The number of thiazole rings is 1. The smallest absolute Gasteiger partial charge is 0.257 e. The molecule has 162 valence electrons. The van der Waals surface area contributed by atoms with Gasteiger partial charge in [0.25, 0.3) is 5.91 Å². The number of anilines is 1. The molecule has 0 spiro atoms. The van der Waals surface area contributed by atoms with Crippen LogP contribution in [0.4, 0.5) is 5.69 Å². The molecule has 1 aromatic heterocycles. The van der Waals surface area contributed by atoms with Crippen molar-refractivity contribution >= 4 is 73.1 Å². The van der Waals surface area contributed by atoms with Gasteiger partial charge in [0.05, 0.1) is 22.5 Å². The number of rotatable bonds is 6. The van der Waals surface area contributed by atoms with Gasteiger partial charge in [-0.05, 0) is 89.8 Å². The molecular formula is C24H20IN3O2S2. The largest absolute Gasteiger partial charge is 0.494 e. The number of aromatic nitrogens is 1. The highest BCUT2D eigenvalue weighted by molar-refractivity contribution is 14.1. The Balaban J connectivity index is 1.52. The summed E-state index contributed by atoms with van der Waals surface area (Å²) in [6.45, 7) is 2.64. The highest BCUT2D eigenvalue weighted by Gasteiger charge is 2.14. The van der Waals surface area contributed by atoms with E-state index in [9.17, 15) is 4.79 Å². The Morgan fingerprint density at radius 1 is 1.12 bits per heavy atom. The Labute approximate surface area is 209 Å². The number of hydrogen-bond acceptors (Lipinski definition) is 5. The zero-order valence-corrected chi connectivity index (χ0v) is 21.0. The first-order valence-electron chi connectivity index (χ1n) is 10.0. The van der Waals surface area contributed by atoms with Crippen LogP contribution in [0.5, 0.6) is 5.75 Å². The van der Waals surface area contributed by atoms with Crippen LogP contribution in [0.2, 0.25) is 0 Å². The van der Waals surface area contributed by atoms with Gasteiger partial charge >= 0.3 is 0 Å². The van der Waals surface area contributed by atoms with Crippen molar-refractivity contribution in [3.8, 4) is 16.3 Å². The van der Waals surface area contributed by atoms with E-state index in [0.29, 0.717) is 17.9 Å². The van der Waals surface area contributed by atoms with E-state index in [1.165, 1.54) is 0 Å². The zero-order chi connectivity index (χ0) is 22.5. The second kappa shape index (κ2) is 10.4. The summed E-state index contributed by atoms with van der Waals surface area (Å²) in [5, 5.41) is 7.03. The predicted octanol–water partition coefficient (Wildman–Crippen LogP) is 6.48. The van der Waals surface area contributed by atoms with Crippen molar-refractivity contribution in [3.63, 3.8) is 0 Å². The minimum atomic E-state index is -0.295. The lowest BCUT2D eigenvalue weighted by Crippen LogP contribution is -2.34. The first-order valence-corrected chi connectivity index (χ1v) is 12.3. The maximum atomic E-state index is 12.7. The van der Waals surface area contributed by atoms with Gasteiger partial charge in [0.2, 0.25) is 0 Å². The number of benzene rings is 3. The molecule has 0 saturated heterocycles. The molecule has 3 aromatic carbocycles. The molecule has 8 heteroatoms. The van der Waals surface area contributed by atoms with E-state index in [1.54, 1.807) is 29.5 Å². The summed E-state index contributed by atoms with van der Waals surface area (Å²) in [6.07, 6.45) is 0.900. The number of para-hydroxylation sites is 1. The summed E-state index contributed by atoms with van der Waals surface area (Å²) >= 11 is 9.32. The lowest BCUT2D eigenvalue weighted by atomic mass is 10.2. The van der Waals surface area contributed by atoms with Crippen molar-refractivity contribution in [2.24, 2.45) is 0 Å². The van der Waals surface area contributed by atoms with Crippen LogP contribution in [0.1, 0.15) is 23.7 Å². The van der Waals surface area contributed by atoms with Crippen molar-refractivity contribution in [3.05, 3.63) is 75.9 Å². The molecule has 0 aliphatic carbocycles. The van der Waals surface area contributed by atoms with Crippen LogP contribution in [0.25, 0.3) is 20.8 Å². The summed E-state index contributed by atoms with van der Waals surface area (Å²) in [7, 11) is 0.